The standard InChI is InChI=1S/C9H9BrN2O4S/c10-6-1-4(3-17-6)8(14)12-5(9(15)16)2-7(11)13/h1,3,5H,2H2,(H2,11,13)(H,12,14)(H,15,16)/t5-/m0/s1. The summed E-state index contributed by atoms with van der Waals surface area (Å²) in [5.74, 6) is -2.64. The molecule has 6 nitrogen and oxygen atoms in total. The van der Waals surface area contributed by atoms with Gasteiger partial charge >= 0.3 is 5.97 Å². The summed E-state index contributed by atoms with van der Waals surface area (Å²) < 4.78 is 0.754. The minimum atomic E-state index is -1.31. The van der Waals surface area contributed by atoms with Crippen LogP contribution in [0.15, 0.2) is 15.2 Å². The van der Waals surface area contributed by atoms with Gasteiger partial charge in [0.05, 0.1) is 15.8 Å². The molecule has 0 radical (unpaired) electrons. The van der Waals surface area contributed by atoms with Crippen molar-refractivity contribution in [2.45, 2.75) is 12.5 Å². The van der Waals surface area contributed by atoms with Gasteiger partial charge < -0.3 is 16.2 Å². The molecule has 0 aliphatic rings. The third-order valence-electron chi connectivity index (χ3n) is 1.84. The van der Waals surface area contributed by atoms with Crippen LogP contribution < -0.4 is 11.1 Å². The van der Waals surface area contributed by atoms with Crippen LogP contribution in [0, 0.1) is 0 Å². The summed E-state index contributed by atoms with van der Waals surface area (Å²) in [6, 6.07) is 0.252. The number of halogens is 1. The molecule has 1 rings (SSSR count). The molecule has 0 aliphatic heterocycles. The van der Waals surface area contributed by atoms with Crippen LogP contribution >= 0.6 is 27.3 Å². The van der Waals surface area contributed by atoms with Crippen molar-refractivity contribution in [3.8, 4) is 0 Å². The van der Waals surface area contributed by atoms with Gasteiger partial charge in [-0.15, -0.1) is 11.3 Å². The minimum Gasteiger partial charge on any atom is -0.480 e. The maximum Gasteiger partial charge on any atom is 0.326 e. The lowest BCUT2D eigenvalue weighted by atomic mass is 10.2. The number of amides is 2. The third kappa shape index (κ3) is 4.16. The van der Waals surface area contributed by atoms with Crippen LogP contribution in [0.4, 0.5) is 0 Å². The zero-order chi connectivity index (χ0) is 13.0. The Morgan fingerprint density at radius 3 is 2.59 bits per heavy atom. The van der Waals surface area contributed by atoms with Gasteiger partial charge in [0, 0.05) is 5.38 Å². The Labute approximate surface area is 109 Å². The van der Waals surface area contributed by atoms with E-state index in [0.717, 1.165) is 3.79 Å². The van der Waals surface area contributed by atoms with Crippen molar-refractivity contribution in [1.29, 1.82) is 0 Å². The van der Waals surface area contributed by atoms with Crippen LogP contribution in [-0.4, -0.2) is 28.9 Å². The van der Waals surface area contributed by atoms with Gasteiger partial charge in [0.15, 0.2) is 0 Å². The monoisotopic (exact) mass is 320 g/mol. The van der Waals surface area contributed by atoms with E-state index in [2.05, 4.69) is 21.2 Å². The summed E-state index contributed by atoms with van der Waals surface area (Å²) in [7, 11) is 0. The van der Waals surface area contributed by atoms with Crippen LogP contribution in [0.5, 0.6) is 0 Å². The summed E-state index contributed by atoms with van der Waals surface area (Å²) in [5, 5.41) is 12.6. The lowest BCUT2D eigenvalue weighted by molar-refractivity contribution is -0.140. The van der Waals surface area contributed by atoms with Gasteiger partial charge in [-0.25, -0.2) is 4.79 Å². The molecule has 0 saturated heterocycles. The van der Waals surface area contributed by atoms with Gasteiger partial charge in [-0.3, -0.25) is 9.59 Å². The van der Waals surface area contributed by atoms with E-state index in [4.69, 9.17) is 10.8 Å². The second kappa shape index (κ2) is 5.78. The average molecular weight is 321 g/mol. The van der Waals surface area contributed by atoms with Gasteiger partial charge in [-0.2, -0.15) is 0 Å². The molecule has 92 valence electrons. The molecule has 0 aliphatic carbocycles. The number of nitrogens with one attached hydrogen (secondary N) is 1. The summed E-state index contributed by atoms with van der Waals surface area (Å²) in [6.45, 7) is 0. The van der Waals surface area contributed by atoms with Crippen molar-refractivity contribution in [2.75, 3.05) is 0 Å². The average Bonchev–Trinajstić information content (AvgIpc) is 2.63. The molecule has 1 aromatic rings. The smallest absolute Gasteiger partial charge is 0.326 e. The highest BCUT2D eigenvalue weighted by Crippen LogP contribution is 2.20. The summed E-state index contributed by atoms with van der Waals surface area (Å²) in [5.41, 5.74) is 5.22. The number of nitrogens with two attached hydrogens (primary N) is 1. The number of carbonyl (C=O) groups excluding carboxylic acids is 2. The van der Waals surface area contributed by atoms with Crippen LogP contribution in [-0.2, 0) is 9.59 Å². The topological polar surface area (TPSA) is 109 Å². The zero-order valence-electron chi connectivity index (χ0n) is 8.47. The van der Waals surface area contributed by atoms with Crippen LogP contribution in [0.3, 0.4) is 0 Å². The molecular formula is C9H9BrN2O4S. The first-order chi connectivity index (χ1) is 7.90. The molecule has 8 heteroatoms. The number of carboxylic acid groups (broad SMARTS) is 1. The number of thiophene rings is 1. The van der Waals surface area contributed by atoms with Crippen molar-refractivity contribution >= 4 is 45.1 Å². The molecule has 0 saturated carbocycles. The fraction of sp³-hybridized carbons (Fsp3) is 0.222. The third-order valence-corrected chi connectivity index (χ3v) is 3.34. The van der Waals surface area contributed by atoms with Crippen LogP contribution in [0.1, 0.15) is 16.8 Å². The van der Waals surface area contributed by atoms with Gasteiger partial charge in [0.1, 0.15) is 6.04 Å². The molecular weight excluding hydrogens is 312 g/mol. The highest BCUT2D eigenvalue weighted by atomic mass is 79.9. The van der Waals surface area contributed by atoms with Crippen LogP contribution in [0.2, 0.25) is 0 Å². The van der Waals surface area contributed by atoms with E-state index < -0.39 is 30.2 Å². The van der Waals surface area contributed by atoms with E-state index in [1.54, 1.807) is 11.4 Å². The summed E-state index contributed by atoms with van der Waals surface area (Å²) in [4.78, 5) is 33.0. The first kappa shape index (κ1) is 13.7. The highest BCUT2D eigenvalue weighted by molar-refractivity contribution is 9.11. The number of aliphatic carboxylic acids is 1. The molecule has 1 aromatic heterocycles. The predicted molar refractivity (Wildman–Crippen MR) is 64.7 cm³/mol. The molecule has 0 aromatic carbocycles. The number of hydrogen-bond donors (Lipinski definition) is 3. The number of carbonyl (C=O) groups is 3. The summed E-state index contributed by atoms with van der Waals surface area (Å²) >= 11 is 4.48. The van der Waals surface area contributed by atoms with Crippen molar-refractivity contribution in [3.05, 3.63) is 20.8 Å². The number of hydrogen-bond acceptors (Lipinski definition) is 4. The fourth-order valence-electron chi connectivity index (χ4n) is 1.07. The van der Waals surface area contributed by atoms with Gasteiger partial charge in [0.2, 0.25) is 5.91 Å². The summed E-state index contributed by atoms with van der Waals surface area (Å²) in [6.07, 6.45) is -0.438. The van der Waals surface area contributed by atoms with Gasteiger partial charge in [0.25, 0.3) is 5.91 Å². The first-order valence-electron chi connectivity index (χ1n) is 4.46. The molecule has 17 heavy (non-hydrogen) atoms. The van der Waals surface area contributed by atoms with Crippen molar-refractivity contribution in [3.63, 3.8) is 0 Å². The molecule has 1 heterocycles. The zero-order valence-corrected chi connectivity index (χ0v) is 10.9. The normalized spacial score (nSPS) is 11.8. The quantitative estimate of drug-likeness (QED) is 0.736. The molecule has 2 amide bonds. The molecule has 4 N–H and O–H groups in total. The maximum atomic E-state index is 11.6. The van der Waals surface area contributed by atoms with Gasteiger partial charge in [-0.1, -0.05) is 0 Å². The Balaban J connectivity index is 2.70. The van der Waals surface area contributed by atoms with E-state index in [-0.39, 0.29) is 0 Å². The Bertz CT molecular complexity index is 460. The lowest BCUT2D eigenvalue weighted by Gasteiger charge is -2.11. The molecule has 0 fully saturated rings. The Kier molecular flexibility index (Phi) is 4.64. The largest absolute Gasteiger partial charge is 0.480 e. The van der Waals surface area contributed by atoms with E-state index >= 15 is 0 Å². The van der Waals surface area contributed by atoms with Crippen LogP contribution in [0.25, 0.3) is 0 Å². The second-order valence-electron chi connectivity index (χ2n) is 3.17. The Morgan fingerprint density at radius 2 is 2.18 bits per heavy atom. The molecule has 0 bridgehead atoms. The molecule has 1 atom stereocenters. The van der Waals surface area contributed by atoms with Gasteiger partial charge in [-0.05, 0) is 22.0 Å². The molecule has 0 spiro atoms. The number of rotatable bonds is 5. The first-order valence-corrected chi connectivity index (χ1v) is 6.13. The van der Waals surface area contributed by atoms with E-state index in [1.165, 1.54) is 11.3 Å². The Hall–Kier alpha value is -1.41. The second-order valence-corrected chi connectivity index (χ2v) is 5.46. The number of carboxylic acids is 1. The van der Waals surface area contributed by atoms with Crippen molar-refractivity contribution < 1.29 is 19.5 Å². The lowest BCUT2D eigenvalue weighted by Crippen LogP contribution is -2.43. The predicted octanol–water partition coefficient (Wildman–Crippen LogP) is 0.569. The highest BCUT2D eigenvalue weighted by Gasteiger charge is 2.23. The molecule has 0 unspecified atom stereocenters. The van der Waals surface area contributed by atoms with E-state index in [0.29, 0.717) is 5.56 Å². The number of primary amides is 1. The maximum absolute atomic E-state index is 11.6. The van der Waals surface area contributed by atoms with E-state index in [1.807, 2.05) is 0 Å². The minimum absolute atomic E-state index is 0.331. The Morgan fingerprint density at radius 1 is 1.53 bits per heavy atom. The van der Waals surface area contributed by atoms with Crippen molar-refractivity contribution in [1.82, 2.24) is 5.32 Å². The SMILES string of the molecule is NC(=O)C[C@H](NC(=O)c1csc(Br)c1)C(=O)O. The van der Waals surface area contributed by atoms with E-state index in [9.17, 15) is 14.4 Å². The van der Waals surface area contributed by atoms with Crippen molar-refractivity contribution in [2.24, 2.45) is 5.73 Å². The fourth-order valence-corrected chi connectivity index (χ4v) is 2.21.